The van der Waals surface area contributed by atoms with Crippen molar-refractivity contribution < 1.29 is 13.2 Å². The number of fused-ring (bicyclic) bond motifs is 1. The highest BCUT2D eigenvalue weighted by atomic mass is 32.2. The van der Waals surface area contributed by atoms with E-state index < -0.39 is 16.1 Å². The largest absolute Gasteiger partial charge is 0.351 e. The number of amides is 1. The van der Waals surface area contributed by atoms with Gasteiger partial charge in [0.1, 0.15) is 6.04 Å². The summed E-state index contributed by atoms with van der Waals surface area (Å²) in [5.74, 6) is -0.157. The number of nitrogens with zero attached hydrogens (tertiary/aromatic N) is 1. The van der Waals surface area contributed by atoms with E-state index in [1.807, 2.05) is 12.1 Å². The molecule has 0 bridgehead atoms. The van der Waals surface area contributed by atoms with E-state index in [2.05, 4.69) is 17.4 Å². The Morgan fingerprint density at radius 3 is 2.43 bits per heavy atom. The first kappa shape index (κ1) is 14.5. The standard InChI is InChI=1S/C15H20N2O3S/c1-21(19,20)17-8-4-7-14(17)15(18)16-13-9-11-5-2-3-6-12(11)10-13/h2-3,5-6,13-14H,4,7-10H2,1H3,(H,16,18). The van der Waals surface area contributed by atoms with Crippen LogP contribution in [0.15, 0.2) is 24.3 Å². The summed E-state index contributed by atoms with van der Waals surface area (Å²) in [7, 11) is -3.31. The average molecular weight is 308 g/mol. The van der Waals surface area contributed by atoms with Crippen LogP contribution >= 0.6 is 0 Å². The zero-order valence-corrected chi connectivity index (χ0v) is 12.9. The predicted octanol–water partition coefficient (Wildman–Crippen LogP) is 0.694. The first-order valence-corrected chi connectivity index (χ1v) is 9.14. The van der Waals surface area contributed by atoms with Crippen molar-refractivity contribution in [2.45, 2.75) is 37.8 Å². The summed E-state index contributed by atoms with van der Waals surface area (Å²) in [6.07, 6.45) is 4.18. The molecule has 5 nitrogen and oxygen atoms in total. The van der Waals surface area contributed by atoms with Crippen LogP contribution in [0.3, 0.4) is 0 Å². The number of hydrogen-bond donors (Lipinski definition) is 1. The third-order valence-corrected chi connectivity index (χ3v) is 5.62. The van der Waals surface area contributed by atoms with E-state index in [4.69, 9.17) is 0 Å². The van der Waals surface area contributed by atoms with Gasteiger partial charge in [-0.15, -0.1) is 0 Å². The van der Waals surface area contributed by atoms with Gasteiger partial charge in [-0.25, -0.2) is 8.42 Å². The Morgan fingerprint density at radius 2 is 1.86 bits per heavy atom. The molecule has 1 aliphatic heterocycles. The van der Waals surface area contributed by atoms with Crippen LogP contribution in [0.5, 0.6) is 0 Å². The van der Waals surface area contributed by atoms with Crippen molar-refractivity contribution in [3.8, 4) is 0 Å². The van der Waals surface area contributed by atoms with Crippen LogP contribution < -0.4 is 5.32 Å². The van der Waals surface area contributed by atoms with E-state index in [1.54, 1.807) is 0 Å². The van der Waals surface area contributed by atoms with Crippen LogP contribution in [0.25, 0.3) is 0 Å². The van der Waals surface area contributed by atoms with Crippen LogP contribution in [0.2, 0.25) is 0 Å². The summed E-state index contributed by atoms with van der Waals surface area (Å²) in [6.45, 7) is 0.446. The second-order valence-electron chi connectivity index (χ2n) is 5.91. The summed E-state index contributed by atoms with van der Waals surface area (Å²) in [5.41, 5.74) is 2.54. The zero-order chi connectivity index (χ0) is 15.0. The molecule has 1 heterocycles. The molecule has 0 radical (unpaired) electrons. The lowest BCUT2D eigenvalue weighted by Gasteiger charge is -2.23. The summed E-state index contributed by atoms with van der Waals surface area (Å²) in [6, 6.07) is 7.72. The van der Waals surface area contributed by atoms with E-state index in [0.29, 0.717) is 13.0 Å². The van der Waals surface area contributed by atoms with Crippen LogP contribution in [-0.4, -0.2) is 43.5 Å². The highest BCUT2D eigenvalue weighted by Crippen LogP contribution is 2.24. The van der Waals surface area contributed by atoms with E-state index in [-0.39, 0.29) is 11.9 Å². The maximum Gasteiger partial charge on any atom is 0.238 e. The minimum atomic E-state index is -3.31. The molecular weight excluding hydrogens is 288 g/mol. The third-order valence-electron chi connectivity index (χ3n) is 4.33. The van der Waals surface area contributed by atoms with Crippen molar-refractivity contribution in [2.24, 2.45) is 0 Å². The van der Waals surface area contributed by atoms with Crippen LogP contribution in [0.1, 0.15) is 24.0 Å². The molecule has 21 heavy (non-hydrogen) atoms. The SMILES string of the molecule is CS(=O)(=O)N1CCCC1C(=O)NC1Cc2ccccc2C1. The van der Waals surface area contributed by atoms with Gasteiger partial charge < -0.3 is 5.32 Å². The molecule has 0 aromatic heterocycles. The highest BCUT2D eigenvalue weighted by Gasteiger charge is 2.37. The number of hydrogen-bond acceptors (Lipinski definition) is 3. The highest BCUT2D eigenvalue weighted by molar-refractivity contribution is 7.88. The van der Waals surface area contributed by atoms with Gasteiger partial charge in [-0.05, 0) is 36.8 Å². The van der Waals surface area contributed by atoms with Crippen molar-refractivity contribution >= 4 is 15.9 Å². The maximum absolute atomic E-state index is 12.4. The fraction of sp³-hybridized carbons (Fsp3) is 0.533. The monoisotopic (exact) mass is 308 g/mol. The normalized spacial score (nSPS) is 23.2. The number of rotatable bonds is 3. The number of sulfonamides is 1. The van der Waals surface area contributed by atoms with Gasteiger partial charge in [-0.1, -0.05) is 24.3 Å². The van der Waals surface area contributed by atoms with Gasteiger partial charge in [0.2, 0.25) is 15.9 Å². The Labute approximate surface area is 125 Å². The van der Waals surface area contributed by atoms with Crippen molar-refractivity contribution in [1.29, 1.82) is 0 Å². The van der Waals surface area contributed by atoms with E-state index in [9.17, 15) is 13.2 Å². The summed E-state index contributed by atoms with van der Waals surface area (Å²) < 4.78 is 24.7. The van der Waals surface area contributed by atoms with Gasteiger partial charge in [0, 0.05) is 12.6 Å². The van der Waals surface area contributed by atoms with Gasteiger partial charge in [0.05, 0.1) is 6.26 Å². The Morgan fingerprint density at radius 1 is 1.24 bits per heavy atom. The lowest BCUT2D eigenvalue weighted by Crippen LogP contribution is -2.48. The molecule has 2 aliphatic rings. The molecule has 0 saturated carbocycles. The lowest BCUT2D eigenvalue weighted by atomic mass is 10.1. The first-order chi connectivity index (χ1) is 9.95. The predicted molar refractivity (Wildman–Crippen MR) is 80.4 cm³/mol. The number of benzene rings is 1. The summed E-state index contributed by atoms with van der Waals surface area (Å²) in [4.78, 5) is 12.4. The second kappa shape index (κ2) is 5.42. The van der Waals surface area contributed by atoms with Gasteiger partial charge in [0.25, 0.3) is 0 Å². The smallest absolute Gasteiger partial charge is 0.238 e. The molecule has 1 atom stereocenters. The second-order valence-corrected chi connectivity index (χ2v) is 7.85. The molecule has 114 valence electrons. The molecule has 1 aromatic carbocycles. The van der Waals surface area contributed by atoms with Gasteiger partial charge in [-0.2, -0.15) is 4.31 Å². The van der Waals surface area contributed by atoms with Crippen molar-refractivity contribution in [1.82, 2.24) is 9.62 Å². The molecular formula is C15H20N2O3S. The molecule has 1 unspecified atom stereocenters. The maximum atomic E-state index is 12.4. The third kappa shape index (κ3) is 2.96. The lowest BCUT2D eigenvalue weighted by molar-refractivity contribution is -0.124. The topological polar surface area (TPSA) is 66.5 Å². The van der Waals surface area contributed by atoms with Crippen molar-refractivity contribution in [2.75, 3.05) is 12.8 Å². The van der Waals surface area contributed by atoms with Gasteiger partial charge in [-0.3, -0.25) is 4.79 Å². The minimum absolute atomic E-state index is 0.0805. The molecule has 1 fully saturated rings. The molecule has 1 aliphatic carbocycles. The van der Waals surface area contributed by atoms with Crippen molar-refractivity contribution in [3.63, 3.8) is 0 Å². The Balaban J connectivity index is 1.66. The van der Waals surface area contributed by atoms with Crippen molar-refractivity contribution in [3.05, 3.63) is 35.4 Å². The van der Waals surface area contributed by atoms with E-state index in [1.165, 1.54) is 21.7 Å². The van der Waals surface area contributed by atoms with E-state index >= 15 is 0 Å². The van der Waals surface area contributed by atoms with Crippen LogP contribution in [0.4, 0.5) is 0 Å². The molecule has 6 heteroatoms. The zero-order valence-electron chi connectivity index (χ0n) is 12.1. The summed E-state index contributed by atoms with van der Waals surface area (Å²) in [5, 5.41) is 3.02. The quantitative estimate of drug-likeness (QED) is 0.893. The minimum Gasteiger partial charge on any atom is -0.351 e. The molecule has 1 saturated heterocycles. The van der Waals surface area contributed by atoms with Crippen LogP contribution in [0, 0.1) is 0 Å². The molecule has 1 amide bonds. The fourth-order valence-corrected chi connectivity index (χ4v) is 4.48. The van der Waals surface area contributed by atoms with Gasteiger partial charge in [0.15, 0.2) is 0 Å². The number of carbonyl (C=O) groups is 1. The first-order valence-electron chi connectivity index (χ1n) is 7.29. The van der Waals surface area contributed by atoms with Gasteiger partial charge >= 0.3 is 0 Å². The molecule has 1 aromatic rings. The molecule has 0 spiro atoms. The molecule has 1 N–H and O–H groups in total. The Kier molecular flexibility index (Phi) is 3.75. The van der Waals surface area contributed by atoms with Crippen LogP contribution in [-0.2, 0) is 27.7 Å². The Bertz CT molecular complexity index is 632. The number of nitrogens with one attached hydrogen (secondary N) is 1. The number of carbonyl (C=O) groups excluding carboxylic acids is 1. The Hall–Kier alpha value is -1.40. The van der Waals surface area contributed by atoms with E-state index in [0.717, 1.165) is 19.3 Å². The summed E-state index contributed by atoms with van der Waals surface area (Å²) >= 11 is 0. The fourth-order valence-electron chi connectivity index (χ4n) is 3.36. The average Bonchev–Trinajstić information content (AvgIpc) is 3.03. The molecule has 3 rings (SSSR count).